The first-order valence-electron chi connectivity index (χ1n) is 10.1. The molecule has 7 heteroatoms. The Bertz CT molecular complexity index is 1240. The van der Waals surface area contributed by atoms with E-state index in [9.17, 15) is 21.6 Å². The van der Waals surface area contributed by atoms with Gasteiger partial charge in [0.1, 0.15) is 0 Å². The Morgan fingerprint density at radius 1 is 0.935 bits per heavy atom. The van der Waals surface area contributed by atoms with Crippen LogP contribution in [-0.4, -0.2) is 8.42 Å². The first-order valence-corrected chi connectivity index (χ1v) is 11.5. The second-order valence-electron chi connectivity index (χ2n) is 7.71. The van der Waals surface area contributed by atoms with E-state index in [2.05, 4.69) is 0 Å². The highest BCUT2D eigenvalue weighted by Crippen LogP contribution is 2.62. The minimum Gasteiger partial charge on any atom is -0.229 e. The highest BCUT2D eigenvalue weighted by molar-refractivity contribution is 7.93. The number of anilines is 2. The van der Waals surface area contributed by atoms with Crippen LogP contribution in [0.1, 0.15) is 36.5 Å². The summed E-state index contributed by atoms with van der Waals surface area (Å²) in [6.45, 7) is 3.66. The van der Waals surface area contributed by atoms with Gasteiger partial charge in [-0.15, -0.1) is 0 Å². The van der Waals surface area contributed by atoms with E-state index in [-0.39, 0.29) is 28.3 Å². The molecule has 0 atom stereocenters. The van der Waals surface area contributed by atoms with Crippen molar-refractivity contribution in [3.8, 4) is 11.1 Å². The summed E-state index contributed by atoms with van der Waals surface area (Å²) in [7, 11) is -4.16. The van der Waals surface area contributed by atoms with Crippen molar-refractivity contribution in [3.63, 3.8) is 0 Å². The van der Waals surface area contributed by atoms with Gasteiger partial charge in [-0.05, 0) is 54.7 Å². The molecule has 0 radical (unpaired) electrons. The van der Waals surface area contributed by atoms with Crippen LogP contribution in [0.5, 0.6) is 0 Å². The molecule has 31 heavy (non-hydrogen) atoms. The van der Waals surface area contributed by atoms with Gasteiger partial charge in [0.05, 0.1) is 21.8 Å². The van der Waals surface area contributed by atoms with Crippen molar-refractivity contribution in [2.75, 3.05) is 4.31 Å². The Labute approximate surface area is 180 Å². The highest BCUT2D eigenvalue weighted by Gasteiger charge is 2.52. The molecule has 0 saturated carbocycles. The minimum atomic E-state index is -4.65. The van der Waals surface area contributed by atoms with E-state index in [0.717, 1.165) is 16.3 Å². The molecule has 0 amide bonds. The number of hydrogen-bond acceptors (Lipinski definition) is 2. The molecule has 0 aromatic heterocycles. The van der Waals surface area contributed by atoms with Gasteiger partial charge < -0.3 is 0 Å². The van der Waals surface area contributed by atoms with Crippen LogP contribution in [-0.2, 0) is 22.6 Å². The lowest BCUT2D eigenvalue weighted by atomic mass is 9.96. The van der Waals surface area contributed by atoms with Crippen molar-refractivity contribution in [2.45, 2.75) is 44.2 Å². The number of hydrogen-bond donors (Lipinski definition) is 0. The van der Waals surface area contributed by atoms with Gasteiger partial charge in [0.25, 0.3) is 10.0 Å². The van der Waals surface area contributed by atoms with Crippen molar-refractivity contribution >= 4 is 21.4 Å². The summed E-state index contributed by atoms with van der Waals surface area (Å²) < 4.78 is 69.9. The molecular formula is C24H22F3NO2S. The summed E-state index contributed by atoms with van der Waals surface area (Å²) >= 11 is 0. The van der Waals surface area contributed by atoms with Gasteiger partial charge in [-0.1, -0.05) is 55.8 Å². The maximum atomic E-state index is 14.1. The van der Waals surface area contributed by atoms with Crippen LogP contribution < -0.4 is 4.31 Å². The molecular weight excluding hydrogens is 423 g/mol. The standard InChI is InChI=1S/C24H22F3NO2S/c1-3-4-10-18-15-20(17-11-6-5-7-12-17)22-23(21(18)24(25,26)27)28(22)31(29,30)19-13-8-9-16(2)14-19/h5-9,11-15H,3-4,10H2,1-2H3. The van der Waals surface area contributed by atoms with Crippen LogP contribution in [0.2, 0.25) is 0 Å². The molecule has 3 aromatic rings. The SMILES string of the molecule is CCCCc1cc(-c2ccccc2)c2c(c1C(F)(F)F)N2S(=O)(=O)c1cccc(C)c1. The summed E-state index contributed by atoms with van der Waals surface area (Å²) in [4.78, 5) is -0.0223. The fourth-order valence-corrected chi connectivity index (χ4v) is 5.51. The van der Waals surface area contributed by atoms with Crippen molar-refractivity contribution in [2.24, 2.45) is 0 Å². The van der Waals surface area contributed by atoms with Crippen LogP contribution in [0.25, 0.3) is 11.1 Å². The fraction of sp³-hybridized carbons (Fsp3) is 0.250. The van der Waals surface area contributed by atoms with Gasteiger partial charge in [-0.25, -0.2) is 12.7 Å². The fourth-order valence-electron chi connectivity index (χ4n) is 3.91. The molecule has 0 aliphatic carbocycles. The van der Waals surface area contributed by atoms with E-state index < -0.39 is 21.8 Å². The zero-order valence-electron chi connectivity index (χ0n) is 17.2. The smallest absolute Gasteiger partial charge is 0.229 e. The third-order valence-electron chi connectivity index (χ3n) is 5.41. The first-order chi connectivity index (χ1) is 14.7. The quantitative estimate of drug-likeness (QED) is 0.389. The van der Waals surface area contributed by atoms with Gasteiger partial charge in [0.2, 0.25) is 0 Å². The number of fused-ring (bicyclic) bond motifs is 1. The van der Waals surface area contributed by atoms with E-state index in [4.69, 9.17) is 0 Å². The molecule has 0 saturated heterocycles. The van der Waals surface area contributed by atoms with Gasteiger partial charge in [-0.2, -0.15) is 13.2 Å². The predicted molar refractivity (Wildman–Crippen MR) is 116 cm³/mol. The first kappa shape index (κ1) is 21.4. The zero-order valence-corrected chi connectivity index (χ0v) is 18.0. The van der Waals surface area contributed by atoms with Gasteiger partial charge in [0.15, 0.2) is 0 Å². The van der Waals surface area contributed by atoms with E-state index >= 15 is 0 Å². The van der Waals surface area contributed by atoms with Gasteiger partial charge >= 0.3 is 6.18 Å². The molecule has 4 rings (SSSR count). The van der Waals surface area contributed by atoms with Gasteiger partial charge in [-0.3, -0.25) is 0 Å². The number of sulfonamides is 1. The maximum absolute atomic E-state index is 14.1. The number of nitrogens with zero attached hydrogens (tertiary/aromatic N) is 1. The van der Waals surface area contributed by atoms with Crippen LogP contribution in [0, 0.1) is 6.92 Å². The third kappa shape index (κ3) is 3.83. The largest absolute Gasteiger partial charge is 0.418 e. The van der Waals surface area contributed by atoms with Crippen molar-refractivity contribution in [1.82, 2.24) is 0 Å². The molecule has 0 fully saturated rings. The van der Waals surface area contributed by atoms with Crippen molar-refractivity contribution in [1.29, 1.82) is 0 Å². The maximum Gasteiger partial charge on any atom is 0.418 e. The van der Waals surface area contributed by atoms with Crippen LogP contribution in [0.4, 0.5) is 24.5 Å². The Morgan fingerprint density at radius 3 is 2.26 bits per heavy atom. The number of aryl methyl sites for hydroxylation is 2. The zero-order chi connectivity index (χ0) is 22.4. The molecule has 0 N–H and O–H groups in total. The lowest BCUT2D eigenvalue weighted by Gasteiger charge is -2.13. The summed E-state index contributed by atoms with van der Waals surface area (Å²) in [6, 6.07) is 16.7. The van der Waals surface area contributed by atoms with Crippen molar-refractivity contribution < 1.29 is 21.6 Å². The summed E-state index contributed by atoms with van der Waals surface area (Å²) in [5, 5.41) is 0. The van der Waals surface area contributed by atoms with Gasteiger partial charge in [0, 0.05) is 5.56 Å². The lowest BCUT2D eigenvalue weighted by Crippen LogP contribution is -2.16. The summed E-state index contributed by atoms with van der Waals surface area (Å²) in [5.74, 6) is 0. The number of unbranched alkanes of at least 4 members (excludes halogenated alkanes) is 1. The number of halogens is 3. The Kier molecular flexibility index (Phi) is 5.33. The average Bonchev–Trinajstić information content (AvgIpc) is 3.47. The van der Waals surface area contributed by atoms with Crippen LogP contribution in [0.3, 0.4) is 0 Å². The number of rotatable bonds is 6. The molecule has 1 aliphatic heterocycles. The van der Waals surface area contributed by atoms with Crippen LogP contribution in [0.15, 0.2) is 65.6 Å². The second-order valence-corrected chi connectivity index (χ2v) is 9.50. The molecule has 3 aromatic carbocycles. The van der Waals surface area contributed by atoms with E-state index in [1.54, 1.807) is 43.3 Å². The molecule has 0 spiro atoms. The number of alkyl halides is 3. The van der Waals surface area contributed by atoms with Crippen LogP contribution >= 0.6 is 0 Å². The Morgan fingerprint density at radius 2 is 1.65 bits per heavy atom. The van der Waals surface area contributed by atoms with E-state index in [0.29, 0.717) is 17.5 Å². The van der Waals surface area contributed by atoms with E-state index in [1.807, 2.05) is 13.0 Å². The predicted octanol–water partition coefficient (Wildman–Crippen LogP) is 6.86. The molecule has 0 unspecified atom stereocenters. The molecule has 162 valence electrons. The van der Waals surface area contributed by atoms with E-state index in [1.165, 1.54) is 18.2 Å². The topological polar surface area (TPSA) is 37.1 Å². The summed E-state index contributed by atoms with van der Waals surface area (Å²) in [6.07, 6.45) is -3.10. The molecule has 0 bridgehead atoms. The van der Waals surface area contributed by atoms with Crippen molar-refractivity contribution in [3.05, 3.63) is 77.4 Å². The monoisotopic (exact) mass is 445 g/mol. The Balaban J connectivity index is 1.95. The number of benzene rings is 3. The summed E-state index contributed by atoms with van der Waals surface area (Å²) in [5.41, 5.74) is 1.07. The highest BCUT2D eigenvalue weighted by atomic mass is 32.2. The lowest BCUT2D eigenvalue weighted by molar-refractivity contribution is -0.137. The molecule has 1 heterocycles. The average molecular weight is 446 g/mol. The Hall–Kier alpha value is -2.80. The second kappa shape index (κ2) is 7.71. The third-order valence-corrected chi connectivity index (χ3v) is 7.10. The normalized spacial score (nSPS) is 13.3. The molecule has 1 aliphatic rings. The minimum absolute atomic E-state index is 0.0223. The molecule has 3 nitrogen and oxygen atoms in total.